The largest absolute Gasteiger partial charge is 0.338 e. The van der Waals surface area contributed by atoms with E-state index in [9.17, 15) is 4.79 Å². The summed E-state index contributed by atoms with van der Waals surface area (Å²) in [4.78, 5) is 20.6. The first-order valence-corrected chi connectivity index (χ1v) is 8.21. The van der Waals surface area contributed by atoms with Crippen LogP contribution in [0.1, 0.15) is 39.0 Å². The fourth-order valence-electron chi connectivity index (χ4n) is 3.42. The maximum atomic E-state index is 11.8. The average Bonchev–Trinajstić information content (AvgIpc) is 2.99. The smallest absolute Gasteiger partial charge is 0.219 e. The molecule has 1 saturated heterocycles. The Hall–Kier alpha value is -1.36. The molecule has 116 valence electrons. The van der Waals surface area contributed by atoms with E-state index >= 15 is 0 Å². The van der Waals surface area contributed by atoms with Gasteiger partial charge in [0.15, 0.2) is 0 Å². The van der Waals surface area contributed by atoms with E-state index in [4.69, 9.17) is 0 Å². The number of amides is 1. The van der Waals surface area contributed by atoms with E-state index in [1.807, 2.05) is 18.7 Å². The highest BCUT2D eigenvalue weighted by atomic mass is 16.2. The summed E-state index contributed by atoms with van der Waals surface area (Å²) in [6, 6.07) is 1.10. The zero-order chi connectivity index (χ0) is 14.7. The lowest BCUT2D eigenvalue weighted by Crippen LogP contribution is -2.43. The summed E-state index contributed by atoms with van der Waals surface area (Å²) in [5, 5.41) is 0. The molecule has 1 amide bonds. The first kappa shape index (κ1) is 14.6. The van der Waals surface area contributed by atoms with Crippen LogP contribution in [0, 0.1) is 0 Å². The Morgan fingerprint density at radius 2 is 2.19 bits per heavy atom. The van der Waals surface area contributed by atoms with E-state index in [-0.39, 0.29) is 5.91 Å². The molecule has 1 unspecified atom stereocenters. The van der Waals surface area contributed by atoms with Crippen molar-refractivity contribution in [3.63, 3.8) is 0 Å². The summed E-state index contributed by atoms with van der Waals surface area (Å²) < 4.78 is 2.14. The molecule has 1 aliphatic carbocycles. The third-order valence-corrected chi connectivity index (χ3v) is 4.72. The molecule has 0 aromatic carbocycles. The van der Waals surface area contributed by atoms with Crippen molar-refractivity contribution in [1.82, 2.24) is 19.4 Å². The molecule has 1 atom stereocenters. The van der Waals surface area contributed by atoms with Gasteiger partial charge in [0.1, 0.15) is 0 Å². The van der Waals surface area contributed by atoms with E-state index in [2.05, 4.69) is 19.4 Å². The van der Waals surface area contributed by atoms with Crippen molar-refractivity contribution >= 4 is 5.91 Å². The minimum atomic E-state index is 0.253. The van der Waals surface area contributed by atoms with Crippen LogP contribution in [0.25, 0.3) is 0 Å². The van der Waals surface area contributed by atoms with Crippen LogP contribution in [-0.4, -0.2) is 57.0 Å². The fourth-order valence-corrected chi connectivity index (χ4v) is 3.42. The highest BCUT2D eigenvalue weighted by Crippen LogP contribution is 2.29. The second-order valence-electron chi connectivity index (χ2n) is 6.39. The second-order valence-corrected chi connectivity index (χ2v) is 6.39. The predicted molar refractivity (Wildman–Crippen MR) is 81.8 cm³/mol. The Labute approximate surface area is 126 Å². The number of hydrogen-bond acceptors (Lipinski definition) is 3. The van der Waals surface area contributed by atoms with Crippen molar-refractivity contribution in [3.05, 3.63) is 18.7 Å². The molecule has 2 heterocycles. The highest BCUT2D eigenvalue weighted by Gasteiger charge is 2.34. The van der Waals surface area contributed by atoms with Gasteiger partial charge in [-0.15, -0.1) is 0 Å². The molecule has 0 bridgehead atoms. The monoisotopic (exact) mass is 290 g/mol. The molecule has 0 spiro atoms. The highest BCUT2D eigenvalue weighted by molar-refractivity contribution is 5.74. The SMILES string of the molecule is CC(=O)N(CC1CCCN1CCCn1ccnc1)C1CC1. The van der Waals surface area contributed by atoms with Crippen LogP contribution in [0.3, 0.4) is 0 Å². The van der Waals surface area contributed by atoms with Gasteiger partial charge in [-0.2, -0.15) is 0 Å². The Balaban J connectivity index is 1.46. The number of carbonyl (C=O) groups is 1. The molecule has 0 radical (unpaired) electrons. The molecular weight excluding hydrogens is 264 g/mol. The van der Waals surface area contributed by atoms with Crippen LogP contribution in [0.5, 0.6) is 0 Å². The van der Waals surface area contributed by atoms with E-state index < -0.39 is 0 Å². The summed E-state index contributed by atoms with van der Waals surface area (Å²) in [7, 11) is 0. The number of imidazole rings is 1. The summed E-state index contributed by atoms with van der Waals surface area (Å²) in [6.07, 6.45) is 11.8. The summed E-state index contributed by atoms with van der Waals surface area (Å²) in [5.41, 5.74) is 0. The number of likely N-dealkylation sites (tertiary alicyclic amines) is 1. The van der Waals surface area contributed by atoms with Crippen LogP contribution in [0.15, 0.2) is 18.7 Å². The fraction of sp³-hybridized carbons (Fsp3) is 0.750. The normalized spacial score (nSPS) is 22.6. The molecule has 3 rings (SSSR count). The Morgan fingerprint density at radius 3 is 2.86 bits per heavy atom. The third-order valence-electron chi connectivity index (χ3n) is 4.72. The van der Waals surface area contributed by atoms with E-state index in [1.165, 1.54) is 32.2 Å². The van der Waals surface area contributed by atoms with Gasteiger partial charge in [0.05, 0.1) is 6.33 Å². The first-order valence-electron chi connectivity index (χ1n) is 8.21. The van der Waals surface area contributed by atoms with Crippen molar-refractivity contribution in [2.24, 2.45) is 0 Å². The maximum absolute atomic E-state index is 11.8. The Morgan fingerprint density at radius 1 is 1.33 bits per heavy atom. The minimum absolute atomic E-state index is 0.253. The summed E-state index contributed by atoms with van der Waals surface area (Å²) >= 11 is 0. The molecule has 1 saturated carbocycles. The van der Waals surface area contributed by atoms with Crippen LogP contribution in [0.4, 0.5) is 0 Å². The van der Waals surface area contributed by atoms with Crippen molar-refractivity contribution in [3.8, 4) is 0 Å². The number of rotatable bonds is 7. The molecule has 2 fully saturated rings. The second kappa shape index (κ2) is 6.60. The average molecular weight is 290 g/mol. The van der Waals surface area contributed by atoms with Gasteiger partial charge in [-0.1, -0.05) is 0 Å². The molecule has 1 aliphatic heterocycles. The first-order chi connectivity index (χ1) is 10.2. The predicted octanol–water partition coefficient (Wildman–Crippen LogP) is 1.75. The minimum Gasteiger partial charge on any atom is -0.338 e. The van der Waals surface area contributed by atoms with Crippen LogP contribution in [-0.2, 0) is 11.3 Å². The maximum Gasteiger partial charge on any atom is 0.219 e. The van der Waals surface area contributed by atoms with Crippen molar-refractivity contribution in [1.29, 1.82) is 0 Å². The number of hydrogen-bond donors (Lipinski definition) is 0. The van der Waals surface area contributed by atoms with Crippen molar-refractivity contribution in [2.75, 3.05) is 19.6 Å². The van der Waals surface area contributed by atoms with Gasteiger partial charge in [0.2, 0.25) is 5.91 Å². The van der Waals surface area contributed by atoms with E-state index in [0.29, 0.717) is 12.1 Å². The molecule has 0 N–H and O–H groups in total. The molecule has 21 heavy (non-hydrogen) atoms. The number of aryl methyl sites for hydroxylation is 1. The lowest BCUT2D eigenvalue weighted by atomic mass is 10.2. The van der Waals surface area contributed by atoms with Crippen LogP contribution >= 0.6 is 0 Å². The lowest BCUT2D eigenvalue weighted by Gasteiger charge is -2.30. The molecule has 5 nitrogen and oxygen atoms in total. The Bertz CT molecular complexity index is 455. The number of nitrogens with zero attached hydrogens (tertiary/aromatic N) is 4. The van der Waals surface area contributed by atoms with Crippen LogP contribution in [0.2, 0.25) is 0 Å². The van der Waals surface area contributed by atoms with Crippen LogP contribution < -0.4 is 0 Å². The van der Waals surface area contributed by atoms with Gasteiger partial charge in [0, 0.05) is 51.0 Å². The lowest BCUT2D eigenvalue weighted by molar-refractivity contribution is -0.130. The molecule has 5 heteroatoms. The van der Waals surface area contributed by atoms with Gasteiger partial charge >= 0.3 is 0 Å². The van der Waals surface area contributed by atoms with Gasteiger partial charge in [-0.25, -0.2) is 4.98 Å². The van der Waals surface area contributed by atoms with Crippen molar-refractivity contribution < 1.29 is 4.79 Å². The van der Waals surface area contributed by atoms with Gasteiger partial charge in [-0.3, -0.25) is 9.69 Å². The Kier molecular flexibility index (Phi) is 4.58. The molecular formula is C16H26N4O. The standard InChI is InChI=1S/C16H26N4O/c1-14(21)20(15-5-6-15)12-16-4-2-9-19(16)10-3-8-18-11-7-17-13-18/h7,11,13,15-16H,2-6,8-10,12H2,1H3. The quantitative estimate of drug-likeness (QED) is 0.768. The summed E-state index contributed by atoms with van der Waals surface area (Å²) in [6.45, 7) is 5.99. The number of aromatic nitrogens is 2. The summed E-state index contributed by atoms with van der Waals surface area (Å²) in [5.74, 6) is 0.253. The zero-order valence-corrected chi connectivity index (χ0v) is 12.9. The topological polar surface area (TPSA) is 41.4 Å². The number of carbonyl (C=O) groups excluding carboxylic acids is 1. The van der Waals surface area contributed by atoms with Gasteiger partial charge < -0.3 is 9.47 Å². The van der Waals surface area contributed by atoms with Gasteiger partial charge in [-0.05, 0) is 38.6 Å². The van der Waals surface area contributed by atoms with E-state index in [0.717, 1.165) is 26.1 Å². The zero-order valence-electron chi connectivity index (χ0n) is 12.9. The van der Waals surface area contributed by atoms with Crippen molar-refractivity contribution in [2.45, 2.75) is 57.7 Å². The molecule has 2 aliphatic rings. The van der Waals surface area contributed by atoms with E-state index in [1.54, 1.807) is 6.92 Å². The third kappa shape index (κ3) is 3.84. The molecule has 1 aromatic rings. The molecule has 1 aromatic heterocycles. The van der Waals surface area contributed by atoms with Gasteiger partial charge in [0.25, 0.3) is 0 Å².